The van der Waals surface area contributed by atoms with Gasteiger partial charge in [-0.05, 0) is 31.4 Å². The predicted octanol–water partition coefficient (Wildman–Crippen LogP) is 3.07. The number of rotatable bonds is 8. The molecule has 6 nitrogen and oxygen atoms in total. The van der Waals surface area contributed by atoms with Crippen LogP contribution in [0.2, 0.25) is 0 Å². The first-order valence-corrected chi connectivity index (χ1v) is 9.25. The van der Waals surface area contributed by atoms with Gasteiger partial charge in [-0.15, -0.1) is 0 Å². The molecular weight excluding hydrogens is 338 g/mol. The molecule has 2 aromatic rings. The van der Waals surface area contributed by atoms with Crippen molar-refractivity contribution in [1.82, 2.24) is 10.5 Å². The summed E-state index contributed by atoms with van der Waals surface area (Å²) in [6.07, 6.45) is 2.01. The monoisotopic (exact) mass is 361 g/mol. The van der Waals surface area contributed by atoms with Gasteiger partial charge < -0.3 is 9.47 Å². The van der Waals surface area contributed by atoms with E-state index in [1.165, 1.54) is 0 Å². The number of pyridine rings is 1. The van der Waals surface area contributed by atoms with E-state index in [2.05, 4.69) is 15.5 Å². The second kappa shape index (κ2) is 9.90. The Labute approximate surface area is 152 Å². The van der Waals surface area contributed by atoms with Gasteiger partial charge in [0.2, 0.25) is 5.88 Å². The molecule has 0 bridgehead atoms. The highest BCUT2D eigenvalue weighted by molar-refractivity contribution is 7.98. The zero-order valence-corrected chi connectivity index (χ0v) is 15.5. The summed E-state index contributed by atoms with van der Waals surface area (Å²) in [5.41, 5.74) is 4.50. The van der Waals surface area contributed by atoms with E-state index >= 15 is 0 Å². The van der Waals surface area contributed by atoms with E-state index in [1.807, 2.05) is 49.6 Å². The highest BCUT2D eigenvalue weighted by Crippen LogP contribution is 2.22. The Balaban J connectivity index is 2.24. The molecule has 0 aliphatic heterocycles. The standard InChI is InChI=1S/C18H23N3O3S/c1-13-8-9-15(17(21-22)19-10-11-25-3)18(20-13)24-12-14-6-4-5-7-16(14)23-2/h4-9,22H,10-12H2,1-3H3,(H,19,21). The number of hydrogen-bond acceptors (Lipinski definition) is 6. The van der Waals surface area contributed by atoms with Gasteiger partial charge >= 0.3 is 0 Å². The van der Waals surface area contributed by atoms with Crippen LogP contribution < -0.4 is 15.0 Å². The third-order valence-corrected chi connectivity index (χ3v) is 4.07. The number of hydrogen-bond donors (Lipinski definition) is 2. The first kappa shape index (κ1) is 19.1. The maximum atomic E-state index is 9.45. The maximum Gasteiger partial charge on any atom is 0.225 e. The van der Waals surface area contributed by atoms with Crippen molar-refractivity contribution in [2.75, 3.05) is 25.7 Å². The van der Waals surface area contributed by atoms with Crippen LogP contribution in [-0.2, 0) is 6.61 Å². The summed E-state index contributed by atoms with van der Waals surface area (Å²) in [7, 11) is 1.63. The number of hydroxylamine groups is 1. The van der Waals surface area contributed by atoms with Crippen molar-refractivity contribution in [3.05, 3.63) is 53.2 Å². The molecule has 0 radical (unpaired) electrons. The van der Waals surface area contributed by atoms with Gasteiger partial charge in [0.15, 0.2) is 5.84 Å². The Kier molecular flexibility index (Phi) is 7.56. The molecule has 25 heavy (non-hydrogen) atoms. The summed E-state index contributed by atoms with van der Waals surface area (Å²) in [5.74, 6) is 2.37. The third-order valence-electron chi connectivity index (χ3n) is 3.48. The molecule has 0 amide bonds. The van der Waals surface area contributed by atoms with Crippen molar-refractivity contribution < 1.29 is 14.7 Å². The molecule has 7 heteroatoms. The van der Waals surface area contributed by atoms with Crippen LogP contribution in [0.3, 0.4) is 0 Å². The molecule has 2 N–H and O–H groups in total. The fourth-order valence-corrected chi connectivity index (χ4v) is 2.49. The predicted molar refractivity (Wildman–Crippen MR) is 101 cm³/mol. The fraction of sp³-hybridized carbons (Fsp3) is 0.333. The van der Waals surface area contributed by atoms with Crippen molar-refractivity contribution in [2.45, 2.75) is 13.5 Å². The number of aryl methyl sites for hydroxylation is 1. The minimum atomic E-state index is 0.303. The molecule has 0 atom stereocenters. The van der Waals surface area contributed by atoms with Gasteiger partial charge in [-0.25, -0.2) is 4.98 Å². The Bertz CT molecular complexity index is 722. The van der Waals surface area contributed by atoms with Gasteiger partial charge in [-0.1, -0.05) is 18.2 Å². The molecule has 134 valence electrons. The average molecular weight is 361 g/mol. The molecular formula is C18H23N3O3S. The van der Waals surface area contributed by atoms with Crippen LogP contribution in [0, 0.1) is 6.92 Å². The molecule has 0 unspecified atom stereocenters. The van der Waals surface area contributed by atoms with Crippen LogP contribution in [-0.4, -0.2) is 41.7 Å². The number of nitrogens with zero attached hydrogens (tertiary/aromatic N) is 2. The van der Waals surface area contributed by atoms with E-state index < -0.39 is 0 Å². The number of amidine groups is 1. The first-order valence-electron chi connectivity index (χ1n) is 7.85. The molecule has 0 fully saturated rings. The summed E-state index contributed by atoms with van der Waals surface area (Å²) < 4.78 is 11.3. The van der Waals surface area contributed by atoms with Crippen LogP contribution in [0.1, 0.15) is 16.8 Å². The van der Waals surface area contributed by atoms with Gasteiger partial charge in [-0.3, -0.25) is 15.7 Å². The number of methoxy groups -OCH3 is 1. The van der Waals surface area contributed by atoms with Crippen molar-refractivity contribution in [3.8, 4) is 11.6 Å². The SMILES string of the molecule is COc1ccccc1COc1nc(C)ccc1C(=NCCSC)NO. The Morgan fingerprint density at radius 1 is 1.28 bits per heavy atom. The van der Waals surface area contributed by atoms with E-state index in [4.69, 9.17) is 9.47 Å². The molecule has 0 aliphatic rings. The molecule has 1 aromatic carbocycles. The molecule has 0 aliphatic carbocycles. The van der Waals surface area contributed by atoms with Crippen LogP contribution in [0.4, 0.5) is 0 Å². The van der Waals surface area contributed by atoms with E-state index in [0.29, 0.717) is 30.4 Å². The largest absolute Gasteiger partial charge is 0.496 e. The lowest BCUT2D eigenvalue weighted by atomic mass is 10.2. The molecule has 0 saturated heterocycles. The summed E-state index contributed by atoms with van der Waals surface area (Å²) in [5, 5.41) is 9.45. The number of thioether (sulfide) groups is 1. The van der Waals surface area contributed by atoms with E-state index in [-0.39, 0.29) is 0 Å². The van der Waals surface area contributed by atoms with Gasteiger partial charge in [0.25, 0.3) is 0 Å². The topological polar surface area (TPSA) is 76.0 Å². The molecule has 0 spiro atoms. The van der Waals surface area contributed by atoms with Gasteiger partial charge in [-0.2, -0.15) is 11.8 Å². The smallest absolute Gasteiger partial charge is 0.225 e. The minimum absolute atomic E-state index is 0.303. The number of para-hydroxylation sites is 1. The Morgan fingerprint density at radius 2 is 2.08 bits per heavy atom. The summed E-state index contributed by atoms with van der Waals surface area (Å²) in [6, 6.07) is 11.3. The number of ether oxygens (including phenoxy) is 2. The summed E-state index contributed by atoms with van der Waals surface area (Å²) in [6.45, 7) is 2.78. The van der Waals surface area contributed by atoms with Crippen LogP contribution >= 0.6 is 11.8 Å². The first-order chi connectivity index (χ1) is 12.2. The minimum Gasteiger partial charge on any atom is -0.496 e. The quantitative estimate of drug-likeness (QED) is 0.326. The number of nitrogens with one attached hydrogen (secondary N) is 1. The summed E-state index contributed by atoms with van der Waals surface area (Å²) >= 11 is 1.69. The maximum absolute atomic E-state index is 9.45. The molecule has 1 aromatic heterocycles. The Morgan fingerprint density at radius 3 is 2.80 bits per heavy atom. The molecule has 0 saturated carbocycles. The van der Waals surface area contributed by atoms with Crippen molar-refractivity contribution in [1.29, 1.82) is 0 Å². The third kappa shape index (κ3) is 5.37. The Hall–Kier alpha value is -2.25. The van der Waals surface area contributed by atoms with E-state index in [1.54, 1.807) is 18.9 Å². The fourth-order valence-electron chi connectivity index (χ4n) is 2.22. The highest BCUT2D eigenvalue weighted by atomic mass is 32.2. The second-order valence-electron chi connectivity index (χ2n) is 5.24. The zero-order valence-electron chi connectivity index (χ0n) is 14.7. The number of aromatic nitrogens is 1. The second-order valence-corrected chi connectivity index (χ2v) is 6.23. The van der Waals surface area contributed by atoms with Gasteiger partial charge in [0, 0.05) is 17.0 Å². The highest BCUT2D eigenvalue weighted by Gasteiger charge is 2.13. The van der Waals surface area contributed by atoms with E-state index in [0.717, 1.165) is 22.8 Å². The number of aliphatic imine (C=N–C) groups is 1. The van der Waals surface area contributed by atoms with Crippen LogP contribution in [0.5, 0.6) is 11.6 Å². The molecule has 2 rings (SSSR count). The zero-order chi connectivity index (χ0) is 18.1. The lowest BCUT2D eigenvalue weighted by Crippen LogP contribution is -2.22. The normalized spacial score (nSPS) is 11.3. The van der Waals surface area contributed by atoms with Crippen molar-refractivity contribution in [2.24, 2.45) is 4.99 Å². The lowest BCUT2D eigenvalue weighted by molar-refractivity contribution is 0.233. The van der Waals surface area contributed by atoms with Crippen LogP contribution in [0.15, 0.2) is 41.4 Å². The summed E-state index contributed by atoms with van der Waals surface area (Å²) in [4.78, 5) is 8.81. The molecule has 1 heterocycles. The van der Waals surface area contributed by atoms with E-state index in [9.17, 15) is 5.21 Å². The van der Waals surface area contributed by atoms with Crippen molar-refractivity contribution >= 4 is 17.6 Å². The van der Waals surface area contributed by atoms with Gasteiger partial charge in [0.05, 0.1) is 19.2 Å². The van der Waals surface area contributed by atoms with Gasteiger partial charge in [0.1, 0.15) is 12.4 Å². The van der Waals surface area contributed by atoms with Crippen molar-refractivity contribution in [3.63, 3.8) is 0 Å². The number of benzene rings is 1. The average Bonchev–Trinajstić information content (AvgIpc) is 2.64. The lowest BCUT2D eigenvalue weighted by Gasteiger charge is -2.14. The van der Waals surface area contributed by atoms with Crippen LogP contribution in [0.25, 0.3) is 0 Å².